The number of para-hydroxylation sites is 2. The zero-order valence-corrected chi connectivity index (χ0v) is 15.2. The van der Waals surface area contributed by atoms with Crippen molar-refractivity contribution >= 4 is 11.6 Å². The molecule has 0 atom stereocenters. The smallest absolute Gasteiger partial charge is 0.223 e. The van der Waals surface area contributed by atoms with E-state index in [2.05, 4.69) is 11.0 Å². The van der Waals surface area contributed by atoms with Crippen LogP contribution in [0.15, 0.2) is 48.5 Å². The molecule has 0 bridgehead atoms. The van der Waals surface area contributed by atoms with Crippen LogP contribution in [0.25, 0.3) is 0 Å². The Bertz CT molecular complexity index is 742. The van der Waals surface area contributed by atoms with E-state index in [1.807, 2.05) is 36.1 Å². The number of anilines is 1. The van der Waals surface area contributed by atoms with Gasteiger partial charge in [-0.1, -0.05) is 24.3 Å². The fourth-order valence-electron chi connectivity index (χ4n) is 3.29. The van der Waals surface area contributed by atoms with Crippen LogP contribution in [-0.2, 0) is 11.2 Å². The van der Waals surface area contributed by atoms with Crippen molar-refractivity contribution in [2.24, 2.45) is 0 Å². The average Bonchev–Trinajstić information content (AvgIpc) is 2.67. The Morgan fingerprint density at radius 3 is 2.58 bits per heavy atom. The molecule has 2 aromatic rings. The summed E-state index contributed by atoms with van der Waals surface area (Å²) in [5.41, 5.74) is 1.95. The summed E-state index contributed by atoms with van der Waals surface area (Å²) >= 11 is 0. The van der Waals surface area contributed by atoms with Crippen LogP contribution in [0.3, 0.4) is 0 Å². The highest BCUT2D eigenvalue weighted by Crippen LogP contribution is 2.28. The van der Waals surface area contributed by atoms with Crippen LogP contribution in [0.1, 0.15) is 18.9 Å². The first-order valence-corrected chi connectivity index (χ1v) is 9.16. The van der Waals surface area contributed by atoms with Gasteiger partial charge >= 0.3 is 0 Å². The van der Waals surface area contributed by atoms with Crippen molar-refractivity contribution < 1.29 is 13.9 Å². The molecule has 3 rings (SSSR count). The molecule has 1 heterocycles. The molecule has 138 valence electrons. The van der Waals surface area contributed by atoms with Gasteiger partial charge in [-0.3, -0.25) is 4.79 Å². The third kappa shape index (κ3) is 4.54. The number of carbonyl (C=O) groups excluding carboxylic acids is 1. The third-order valence-corrected chi connectivity index (χ3v) is 4.65. The van der Waals surface area contributed by atoms with Gasteiger partial charge in [0.05, 0.1) is 12.3 Å². The number of rotatable bonds is 6. The summed E-state index contributed by atoms with van der Waals surface area (Å²) in [7, 11) is 0. The Balaban J connectivity index is 1.52. The van der Waals surface area contributed by atoms with Gasteiger partial charge in [-0.15, -0.1) is 0 Å². The minimum Gasteiger partial charge on any atom is -0.492 e. The van der Waals surface area contributed by atoms with Crippen LogP contribution in [-0.4, -0.2) is 43.6 Å². The van der Waals surface area contributed by atoms with Crippen molar-refractivity contribution in [2.75, 3.05) is 37.7 Å². The number of aryl methyl sites for hydroxylation is 1. The molecule has 0 saturated carbocycles. The molecular formula is C21H25FN2O2. The molecule has 1 aliphatic heterocycles. The second kappa shape index (κ2) is 8.70. The Hall–Kier alpha value is -2.56. The van der Waals surface area contributed by atoms with E-state index in [0.29, 0.717) is 32.5 Å². The molecule has 1 aliphatic rings. The van der Waals surface area contributed by atoms with E-state index in [9.17, 15) is 9.18 Å². The molecule has 0 radical (unpaired) electrons. The van der Waals surface area contributed by atoms with E-state index in [1.165, 1.54) is 12.1 Å². The molecule has 0 unspecified atom stereocenters. The molecule has 0 aliphatic carbocycles. The highest BCUT2D eigenvalue weighted by molar-refractivity contribution is 5.77. The van der Waals surface area contributed by atoms with Gasteiger partial charge < -0.3 is 14.5 Å². The Morgan fingerprint density at radius 1 is 1.08 bits per heavy atom. The predicted octanol–water partition coefficient (Wildman–Crippen LogP) is 3.51. The van der Waals surface area contributed by atoms with E-state index in [4.69, 9.17) is 4.74 Å². The largest absolute Gasteiger partial charge is 0.492 e. The number of carbonyl (C=O) groups is 1. The van der Waals surface area contributed by atoms with Crippen molar-refractivity contribution in [1.29, 1.82) is 0 Å². The van der Waals surface area contributed by atoms with Gasteiger partial charge in [0.25, 0.3) is 0 Å². The minimum atomic E-state index is -0.253. The summed E-state index contributed by atoms with van der Waals surface area (Å²) < 4.78 is 18.9. The number of amides is 1. The molecule has 1 amide bonds. The van der Waals surface area contributed by atoms with E-state index < -0.39 is 0 Å². The van der Waals surface area contributed by atoms with Crippen molar-refractivity contribution in [1.82, 2.24) is 4.90 Å². The number of hydrogen-bond acceptors (Lipinski definition) is 3. The lowest BCUT2D eigenvalue weighted by molar-refractivity contribution is -0.131. The van der Waals surface area contributed by atoms with Gasteiger partial charge in [-0.25, -0.2) is 4.39 Å². The van der Waals surface area contributed by atoms with Gasteiger partial charge in [-0.2, -0.15) is 0 Å². The SMILES string of the molecule is CCOc1ccccc1N1CCN(C(=O)CCc2cccc(F)c2)CC1. The summed E-state index contributed by atoms with van der Waals surface area (Å²) in [6.45, 7) is 5.58. The second-order valence-corrected chi connectivity index (χ2v) is 6.40. The summed E-state index contributed by atoms with van der Waals surface area (Å²) in [4.78, 5) is 16.6. The van der Waals surface area contributed by atoms with Crippen molar-refractivity contribution in [2.45, 2.75) is 19.8 Å². The maximum Gasteiger partial charge on any atom is 0.223 e. The van der Waals surface area contributed by atoms with Crippen LogP contribution in [0, 0.1) is 5.82 Å². The molecular weight excluding hydrogens is 331 g/mol. The molecule has 0 N–H and O–H groups in total. The molecule has 26 heavy (non-hydrogen) atoms. The van der Waals surface area contributed by atoms with Crippen LogP contribution in [0.4, 0.5) is 10.1 Å². The van der Waals surface area contributed by atoms with Crippen LogP contribution < -0.4 is 9.64 Å². The lowest BCUT2D eigenvalue weighted by Gasteiger charge is -2.36. The predicted molar refractivity (Wildman–Crippen MR) is 101 cm³/mol. The van der Waals surface area contributed by atoms with Crippen molar-refractivity contribution in [3.05, 3.63) is 59.9 Å². The fourth-order valence-corrected chi connectivity index (χ4v) is 3.29. The number of benzene rings is 2. The Labute approximate surface area is 154 Å². The monoisotopic (exact) mass is 356 g/mol. The zero-order valence-electron chi connectivity index (χ0n) is 15.2. The van der Waals surface area contributed by atoms with Gasteiger partial charge in [0.2, 0.25) is 5.91 Å². The molecule has 2 aromatic carbocycles. The zero-order chi connectivity index (χ0) is 18.4. The van der Waals surface area contributed by atoms with E-state index in [0.717, 1.165) is 30.1 Å². The first kappa shape index (κ1) is 18.2. The van der Waals surface area contributed by atoms with E-state index >= 15 is 0 Å². The van der Waals surface area contributed by atoms with Gasteiger partial charge in [-0.05, 0) is 43.2 Å². The van der Waals surface area contributed by atoms with E-state index in [1.54, 1.807) is 6.07 Å². The normalized spacial score (nSPS) is 14.4. The third-order valence-electron chi connectivity index (χ3n) is 4.65. The quantitative estimate of drug-likeness (QED) is 0.794. The lowest BCUT2D eigenvalue weighted by atomic mass is 10.1. The molecule has 0 aromatic heterocycles. The number of nitrogens with zero attached hydrogens (tertiary/aromatic N) is 2. The average molecular weight is 356 g/mol. The second-order valence-electron chi connectivity index (χ2n) is 6.40. The highest BCUT2D eigenvalue weighted by Gasteiger charge is 2.22. The molecule has 1 saturated heterocycles. The summed E-state index contributed by atoms with van der Waals surface area (Å²) in [6, 6.07) is 14.5. The Morgan fingerprint density at radius 2 is 1.85 bits per heavy atom. The number of halogens is 1. The van der Waals surface area contributed by atoms with E-state index in [-0.39, 0.29) is 11.7 Å². The summed E-state index contributed by atoms with van der Waals surface area (Å²) in [5, 5.41) is 0. The number of hydrogen-bond donors (Lipinski definition) is 0. The molecule has 5 heteroatoms. The Kier molecular flexibility index (Phi) is 6.10. The summed E-state index contributed by atoms with van der Waals surface area (Å²) in [6.07, 6.45) is 0.989. The first-order valence-electron chi connectivity index (χ1n) is 9.16. The van der Waals surface area contributed by atoms with Gasteiger partial charge in [0.15, 0.2) is 0 Å². The first-order chi connectivity index (χ1) is 12.7. The fraction of sp³-hybridized carbons (Fsp3) is 0.381. The standard InChI is InChI=1S/C21H25FN2O2/c1-2-26-20-9-4-3-8-19(20)23-12-14-24(15-13-23)21(25)11-10-17-6-5-7-18(22)16-17/h3-9,16H,2,10-15H2,1H3. The molecule has 4 nitrogen and oxygen atoms in total. The van der Waals surface area contributed by atoms with Crippen molar-refractivity contribution in [3.8, 4) is 5.75 Å². The van der Waals surface area contributed by atoms with Crippen LogP contribution in [0.2, 0.25) is 0 Å². The molecule has 0 spiro atoms. The maximum atomic E-state index is 13.2. The van der Waals surface area contributed by atoms with Gasteiger partial charge in [0, 0.05) is 32.6 Å². The maximum absolute atomic E-state index is 13.2. The molecule has 1 fully saturated rings. The highest BCUT2D eigenvalue weighted by atomic mass is 19.1. The minimum absolute atomic E-state index is 0.131. The lowest BCUT2D eigenvalue weighted by Crippen LogP contribution is -2.49. The van der Waals surface area contributed by atoms with Crippen LogP contribution >= 0.6 is 0 Å². The number of piperazine rings is 1. The van der Waals surface area contributed by atoms with Crippen molar-refractivity contribution in [3.63, 3.8) is 0 Å². The number of ether oxygens (including phenoxy) is 1. The topological polar surface area (TPSA) is 32.8 Å². The summed E-state index contributed by atoms with van der Waals surface area (Å²) in [5.74, 6) is 0.768. The van der Waals surface area contributed by atoms with Crippen LogP contribution in [0.5, 0.6) is 5.75 Å². The van der Waals surface area contributed by atoms with Gasteiger partial charge in [0.1, 0.15) is 11.6 Å².